The maximum absolute atomic E-state index is 13.4. The van der Waals surface area contributed by atoms with Crippen molar-refractivity contribution in [2.45, 2.75) is 33.6 Å². The average Bonchev–Trinajstić information content (AvgIpc) is 3.30. The Morgan fingerprint density at radius 1 is 1.12 bits per heavy atom. The highest BCUT2D eigenvalue weighted by Crippen LogP contribution is 2.33. The maximum Gasteiger partial charge on any atom is 0.315 e. The lowest BCUT2D eigenvalue weighted by Crippen LogP contribution is -2.26. The molecule has 3 rings (SSSR count). The Kier molecular flexibility index (Phi) is 9.40. The molecule has 0 spiro atoms. The normalized spacial score (nSPS) is 11.0. The first-order valence-corrected chi connectivity index (χ1v) is 11.7. The standard InChI is InChI=1S/C25H32FN5O3/c1-4-14-31(5-2)15-8-13-27-25-30-29-24(34-25)21-12-11-20(17-22(21)33-6-3)28-23(32)18-9-7-10-19(26)16-18/h7,9-12,16-17H,4-6,8,13-15H2,1-3H3,(H,27,30)(H,28,32). The molecule has 0 atom stereocenters. The molecule has 0 fully saturated rings. The molecule has 34 heavy (non-hydrogen) atoms. The van der Waals surface area contributed by atoms with E-state index in [9.17, 15) is 9.18 Å². The molecule has 9 heteroatoms. The van der Waals surface area contributed by atoms with Gasteiger partial charge in [0.25, 0.3) is 11.8 Å². The molecule has 2 aromatic carbocycles. The molecule has 1 amide bonds. The smallest absolute Gasteiger partial charge is 0.315 e. The van der Waals surface area contributed by atoms with Gasteiger partial charge in [-0.15, -0.1) is 5.10 Å². The minimum atomic E-state index is -0.470. The number of nitrogens with one attached hydrogen (secondary N) is 2. The van der Waals surface area contributed by atoms with Gasteiger partial charge in [-0.2, -0.15) is 0 Å². The fourth-order valence-corrected chi connectivity index (χ4v) is 3.53. The van der Waals surface area contributed by atoms with Crippen molar-refractivity contribution in [2.75, 3.05) is 43.4 Å². The van der Waals surface area contributed by atoms with Crippen LogP contribution >= 0.6 is 0 Å². The first-order chi connectivity index (χ1) is 16.5. The second kappa shape index (κ2) is 12.7. The Labute approximate surface area is 199 Å². The van der Waals surface area contributed by atoms with Crippen LogP contribution in [0.3, 0.4) is 0 Å². The summed E-state index contributed by atoms with van der Waals surface area (Å²) in [7, 11) is 0. The highest BCUT2D eigenvalue weighted by Gasteiger charge is 2.16. The summed E-state index contributed by atoms with van der Waals surface area (Å²) in [4.78, 5) is 14.9. The molecule has 0 bridgehead atoms. The monoisotopic (exact) mass is 469 g/mol. The third-order valence-electron chi connectivity index (χ3n) is 5.20. The summed E-state index contributed by atoms with van der Waals surface area (Å²) >= 11 is 0. The molecule has 0 radical (unpaired) electrons. The number of aromatic nitrogens is 2. The van der Waals surface area contributed by atoms with E-state index in [-0.39, 0.29) is 5.56 Å². The number of hydrogen-bond acceptors (Lipinski definition) is 7. The summed E-state index contributed by atoms with van der Waals surface area (Å²) in [5.41, 5.74) is 1.35. The minimum absolute atomic E-state index is 0.228. The summed E-state index contributed by atoms with van der Waals surface area (Å²) < 4.78 is 25.0. The van der Waals surface area contributed by atoms with Crippen LogP contribution in [0.25, 0.3) is 11.5 Å². The molecule has 0 saturated carbocycles. The van der Waals surface area contributed by atoms with Crippen LogP contribution < -0.4 is 15.4 Å². The van der Waals surface area contributed by atoms with Gasteiger partial charge in [0.1, 0.15) is 11.6 Å². The molecule has 3 aromatic rings. The van der Waals surface area contributed by atoms with Gasteiger partial charge in [-0.3, -0.25) is 4.79 Å². The number of anilines is 2. The fourth-order valence-electron chi connectivity index (χ4n) is 3.53. The van der Waals surface area contributed by atoms with Crippen LogP contribution in [0.1, 0.15) is 44.0 Å². The van der Waals surface area contributed by atoms with Gasteiger partial charge >= 0.3 is 6.01 Å². The van der Waals surface area contributed by atoms with Crippen LogP contribution in [0.5, 0.6) is 5.75 Å². The third kappa shape index (κ3) is 7.02. The topological polar surface area (TPSA) is 92.5 Å². The summed E-state index contributed by atoms with van der Waals surface area (Å²) in [5, 5.41) is 14.2. The number of rotatable bonds is 13. The third-order valence-corrected chi connectivity index (χ3v) is 5.20. The Bertz CT molecular complexity index is 1070. The Balaban J connectivity index is 1.65. The van der Waals surface area contributed by atoms with E-state index in [1.54, 1.807) is 24.3 Å². The Morgan fingerprint density at radius 2 is 1.97 bits per heavy atom. The van der Waals surface area contributed by atoms with Crippen molar-refractivity contribution in [3.8, 4) is 17.2 Å². The number of ether oxygens (including phenoxy) is 1. The molecule has 2 N–H and O–H groups in total. The van der Waals surface area contributed by atoms with Gasteiger partial charge in [-0.1, -0.05) is 25.0 Å². The van der Waals surface area contributed by atoms with Gasteiger partial charge in [-0.05, 0) is 69.7 Å². The molecule has 0 aliphatic rings. The first kappa shape index (κ1) is 25.2. The molecule has 0 aliphatic heterocycles. The van der Waals surface area contributed by atoms with Crippen molar-refractivity contribution in [1.29, 1.82) is 0 Å². The number of nitrogens with zero attached hydrogens (tertiary/aromatic N) is 3. The molecule has 1 aromatic heterocycles. The number of carbonyl (C=O) groups is 1. The van der Waals surface area contributed by atoms with Gasteiger partial charge in [0.15, 0.2) is 0 Å². The van der Waals surface area contributed by atoms with Gasteiger partial charge in [0.2, 0.25) is 0 Å². The molecule has 0 aliphatic carbocycles. The maximum atomic E-state index is 13.4. The Hall–Kier alpha value is -3.46. The second-order valence-corrected chi connectivity index (χ2v) is 7.74. The lowest BCUT2D eigenvalue weighted by molar-refractivity contribution is 0.102. The molecule has 0 unspecified atom stereocenters. The largest absolute Gasteiger partial charge is 0.493 e. The number of hydrogen-bond donors (Lipinski definition) is 2. The molecule has 182 valence electrons. The van der Waals surface area contributed by atoms with E-state index in [2.05, 4.69) is 39.6 Å². The van der Waals surface area contributed by atoms with Gasteiger partial charge in [-0.25, -0.2) is 4.39 Å². The number of halogens is 1. The summed E-state index contributed by atoms with van der Waals surface area (Å²) in [6.45, 7) is 10.5. The highest BCUT2D eigenvalue weighted by atomic mass is 19.1. The van der Waals surface area contributed by atoms with E-state index in [1.807, 2.05) is 6.92 Å². The molecular weight excluding hydrogens is 437 g/mol. The van der Waals surface area contributed by atoms with Crippen LogP contribution in [0.2, 0.25) is 0 Å². The van der Waals surface area contributed by atoms with E-state index < -0.39 is 11.7 Å². The van der Waals surface area contributed by atoms with Crippen LogP contribution in [-0.4, -0.2) is 53.8 Å². The van der Waals surface area contributed by atoms with Gasteiger partial charge in [0, 0.05) is 23.9 Å². The molecular formula is C25H32FN5O3. The number of carbonyl (C=O) groups excluding carboxylic acids is 1. The van der Waals surface area contributed by atoms with Crippen molar-refractivity contribution in [1.82, 2.24) is 15.1 Å². The van der Waals surface area contributed by atoms with E-state index in [0.717, 1.165) is 39.0 Å². The van der Waals surface area contributed by atoms with E-state index in [0.29, 0.717) is 35.5 Å². The molecule has 8 nitrogen and oxygen atoms in total. The van der Waals surface area contributed by atoms with E-state index in [4.69, 9.17) is 9.15 Å². The van der Waals surface area contributed by atoms with Crippen LogP contribution in [0, 0.1) is 5.82 Å². The number of amides is 1. The first-order valence-electron chi connectivity index (χ1n) is 11.7. The van der Waals surface area contributed by atoms with Gasteiger partial charge < -0.3 is 24.7 Å². The van der Waals surface area contributed by atoms with Crippen molar-refractivity contribution in [3.63, 3.8) is 0 Å². The predicted octanol–water partition coefficient (Wildman–Crippen LogP) is 5.06. The zero-order chi connectivity index (χ0) is 24.3. The number of benzene rings is 2. The van der Waals surface area contributed by atoms with Gasteiger partial charge in [0.05, 0.1) is 12.2 Å². The highest BCUT2D eigenvalue weighted by molar-refractivity contribution is 6.04. The molecule has 1 heterocycles. The van der Waals surface area contributed by atoms with Crippen molar-refractivity contribution >= 4 is 17.6 Å². The van der Waals surface area contributed by atoms with E-state index in [1.165, 1.54) is 18.2 Å². The van der Waals surface area contributed by atoms with Crippen molar-refractivity contribution in [3.05, 3.63) is 53.8 Å². The Morgan fingerprint density at radius 3 is 2.71 bits per heavy atom. The van der Waals surface area contributed by atoms with Crippen molar-refractivity contribution < 1.29 is 18.3 Å². The van der Waals surface area contributed by atoms with Crippen LogP contribution in [0.4, 0.5) is 16.1 Å². The van der Waals surface area contributed by atoms with E-state index >= 15 is 0 Å². The quantitative estimate of drug-likeness (QED) is 0.338. The zero-order valence-electron chi connectivity index (χ0n) is 19.9. The summed E-state index contributed by atoms with van der Waals surface area (Å²) in [6, 6.07) is 11.0. The minimum Gasteiger partial charge on any atom is -0.493 e. The lowest BCUT2D eigenvalue weighted by atomic mass is 10.1. The predicted molar refractivity (Wildman–Crippen MR) is 131 cm³/mol. The lowest BCUT2D eigenvalue weighted by Gasteiger charge is -2.18. The van der Waals surface area contributed by atoms with Crippen LogP contribution in [0.15, 0.2) is 46.9 Å². The average molecular weight is 470 g/mol. The van der Waals surface area contributed by atoms with Crippen LogP contribution in [-0.2, 0) is 0 Å². The summed E-state index contributed by atoms with van der Waals surface area (Å²) in [5.74, 6) is -0.0787. The zero-order valence-corrected chi connectivity index (χ0v) is 19.9. The SMILES string of the molecule is CCCN(CC)CCCNc1nnc(-c2ccc(NC(=O)c3cccc(F)c3)cc2OCC)o1. The molecule has 0 saturated heterocycles. The second-order valence-electron chi connectivity index (χ2n) is 7.74. The fraction of sp³-hybridized carbons (Fsp3) is 0.400. The van der Waals surface area contributed by atoms with Crippen molar-refractivity contribution in [2.24, 2.45) is 0 Å². The summed E-state index contributed by atoms with van der Waals surface area (Å²) in [6.07, 6.45) is 2.11.